The van der Waals surface area contributed by atoms with Crippen LogP contribution >= 0.6 is 11.8 Å². The van der Waals surface area contributed by atoms with Gasteiger partial charge in [0.05, 0.1) is 0 Å². The third-order valence-electron chi connectivity index (χ3n) is 3.71. The first-order valence-corrected chi connectivity index (χ1v) is 7.89. The van der Waals surface area contributed by atoms with E-state index in [9.17, 15) is 4.39 Å². The highest BCUT2D eigenvalue weighted by molar-refractivity contribution is 8.00. The van der Waals surface area contributed by atoms with E-state index >= 15 is 0 Å². The Morgan fingerprint density at radius 1 is 1.15 bits per heavy atom. The number of fused-ring (bicyclic) bond motifs is 1. The van der Waals surface area contributed by atoms with E-state index in [0.717, 1.165) is 17.9 Å². The quantitative estimate of drug-likeness (QED) is 0.904. The van der Waals surface area contributed by atoms with E-state index in [-0.39, 0.29) is 5.82 Å². The molecule has 0 fully saturated rings. The molecule has 0 saturated heterocycles. The summed E-state index contributed by atoms with van der Waals surface area (Å²) < 4.78 is 13.0. The zero-order chi connectivity index (χ0) is 13.9. The van der Waals surface area contributed by atoms with Crippen LogP contribution in [-0.4, -0.2) is 11.8 Å². The second-order valence-electron chi connectivity index (χ2n) is 5.05. The average Bonchev–Trinajstić information content (AvgIpc) is 2.80. The SMILES string of the molecule is CCNC1c2ccccc2CC1Sc1ccc(F)cc1. The van der Waals surface area contributed by atoms with Gasteiger partial charge in [-0.2, -0.15) is 0 Å². The van der Waals surface area contributed by atoms with Crippen molar-refractivity contribution in [1.29, 1.82) is 0 Å². The summed E-state index contributed by atoms with van der Waals surface area (Å²) in [7, 11) is 0. The molecule has 1 aliphatic rings. The Balaban J connectivity index is 1.81. The van der Waals surface area contributed by atoms with Crippen molar-refractivity contribution in [2.24, 2.45) is 0 Å². The molecule has 2 aromatic rings. The van der Waals surface area contributed by atoms with Crippen LogP contribution in [-0.2, 0) is 6.42 Å². The van der Waals surface area contributed by atoms with Crippen molar-refractivity contribution in [2.75, 3.05) is 6.54 Å². The molecule has 3 rings (SSSR count). The molecule has 2 aromatic carbocycles. The van der Waals surface area contributed by atoms with Crippen LogP contribution in [0.4, 0.5) is 4.39 Å². The second-order valence-corrected chi connectivity index (χ2v) is 6.36. The first kappa shape index (κ1) is 13.7. The van der Waals surface area contributed by atoms with Crippen LogP contribution in [0.3, 0.4) is 0 Å². The van der Waals surface area contributed by atoms with E-state index in [1.165, 1.54) is 23.3 Å². The van der Waals surface area contributed by atoms with Gasteiger partial charge in [-0.3, -0.25) is 0 Å². The van der Waals surface area contributed by atoms with Crippen molar-refractivity contribution in [3.8, 4) is 0 Å². The summed E-state index contributed by atoms with van der Waals surface area (Å²) in [5.74, 6) is -0.174. The van der Waals surface area contributed by atoms with Gasteiger partial charge in [0.15, 0.2) is 0 Å². The van der Waals surface area contributed by atoms with Crippen molar-refractivity contribution in [1.82, 2.24) is 5.32 Å². The topological polar surface area (TPSA) is 12.0 Å². The number of thioether (sulfide) groups is 1. The summed E-state index contributed by atoms with van der Waals surface area (Å²) in [6.07, 6.45) is 1.07. The van der Waals surface area contributed by atoms with E-state index in [4.69, 9.17) is 0 Å². The number of halogens is 1. The predicted octanol–water partition coefficient (Wildman–Crippen LogP) is 4.19. The minimum absolute atomic E-state index is 0.174. The molecule has 0 aromatic heterocycles. The molecule has 0 bridgehead atoms. The Hall–Kier alpha value is -1.32. The maximum Gasteiger partial charge on any atom is 0.123 e. The fraction of sp³-hybridized carbons (Fsp3) is 0.294. The normalized spacial score (nSPS) is 20.9. The Labute approximate surface area is 123 Å². The van der Waals surface area contributed by atoms with Gasteiger partial charge in [0, 0.05) is 16.2 Å². The maximum absolute atomic E-state index is 13.0. The largest absolute Gasteiger partial charge is 0.309 e. The lowest BCUT2D eigenvalue weighted by atomic mass is 10.1. The van der Waals surface area contributed by atoms with E-state index in [0.29, 0.717) is 11.3 Å². The van der Waals surface area contributed by atoms with Gasteiger partial charge in [-0.25, -0.2) is 4.39 Å². The summed E-state index contributed by atoms with van der Waals surface area (Å²) in [6, 6.07) is 15.8. The number of rotatable bonds is 4. The molecule has 0 radical (unpaired) electrons. The highest BCUT2D eigenvalue weighted by Gasteiger charge is 2.32. The van der Waals surface area contributed by atoms with Crippen molar-refractivity contribution in [2.45, 2.75) is 29.5 Å². The van der Waals surface area contributed by atoms with Crippen LogP contribution in [0.1, 0.15) is 24.1 Å². The summed E-state index contributed by atoms with van der Waals surface area (Å²) >= 11 is 1.84. The third-order valence-corrected chi connectivity index (χ3v) is 4.99. The van der Waals surface area contributed by atoms with Crippen molar-refractivity contribution in [3.05, 3.63) is 65.5 Å². The van der Waals surface area contributed by atoms with Gasteiger partial charge < -0.3 is 5.32 Å². The first-order chi connectivity index (χ1) is 9.78. The molecule has 0 heterocycles. The predicted molar refractivity (Wildman–Crippen MR) is 82.6 cm³/mol. The minimum Gasteiger partial charge on any atom is -0.309 e. The molecule has 0 saturated carbocycles. The summed E-state index contributed by atoms with van der Waals surface area (Å²) in [5.41, 5.74) is 2.84. The standard InChI is InChI=1S/C17H18FNS/c1-2-19-17-15-6-4-3-5-12(15)11-16(17)20-14-9-7-13(18)8-10-14/h3-10,16-17,19H,2,11H2,1H3. The van der Waals surface area contributed by atoms with E-state index < -0.39 is 0 Å². The second kappa shape index (κ2) is 5.98. The molecule has 20 heavy (non-hydrogen) atoms. The van der Waals surface area contributed by atoms with E-state index in [1.807, 2.05) is 23.9 Å². The molecule has 1 N–H and O–H groups in total. The third kappa shape index (κ3) is 2.74. The van der Waals surface area contributed by atoms with Crippen molar-refractivity contribution < 1.29 is 4.39 Å². The minimum atomic E-state index is -0.174. The van der Waals surface area contributed by atoms with Crippen LogP contribution < -0.4 is 5.32 Å². The molecule has 2 unspecified atom stereocenters. The number of nitrogens with one attached hydrogen (secondary N) is 1. The smallest absolute Gasteiger partial charge is 0.123 e. The molecule has 1 aliphatic carbocycles. The zero-order valence-corrected chi connectivity index (χ0v) is 12.3. The van der Waals surface area contributed by atoms with Crippen LogP contribution in [0, 0.1) is 5.82 Å². The highest BCUT2D eigenvalue weighted by Crippen LogP contribution is 2.41. The molecular weight excluding hydrogens is 269 g/mol. The van der Waals surface area contributed by atoms with Crippen LogP contribution in [0.25, 0.3) is 0 Å². The Morgan fingerprint density at radius 2 is 1.90 bits per heavy atom. The molecular formula is C17H18FNS. The van der Waals surface area contributed by atoms with Gasteiger partial charge in [-0.15, -0.1) is 11.8 Å². The summed E-state index contributed by atoms with van der Waals surface area (Å²) in [4.78, 5) is 1.13. The van der Waals surface area contributed by atoms with Crippen molar-refractivity contribution in [3.63, 3.8) is 0 Å². The Morgan fingerprint density at radius 3 is 2.65 bits per heavy atom. The van der Waals surface area contributed by atoms with Gasteiger partial charge in [-0.05, 0) is 48.4 Å². The maximum atomic E-state index is 13.0. The van der Waals surface area contributed by atoms with Crippen molar-refractivity contribution >= 4 is 11.8 Å². The average molecular weight is 287 g/mol. The van der Waals surface area contributed by atoms with E-state index in [2.05, 4.69) is 36.5 Å². The van der Waals surface area contributed by atoms with Crippen LogP contribution in [0.2, 0.25) is 0 Å². The van der Waals surface area contributed by atoms with Gasteiger partial charge in [0.2, 0.25) is 0 Å². The fourth-order valence-corrected chi connectivity index (χ4v) is 4.10. The number of hydrogen-bond donors (Lipinski definition) is 1. The summed E-state index contributed by atoms with van der Waals surface area (Å²) in [6.45, 7) is 3.10. The van der Waals surface area contributed by atoms with Gasteiger partial charge in [0.25, 0.3) is 0 Å². The van der Waals surface area contributed by atoms with Crippen LogP contribution in [0.15, 0.2) is 53.4 Å². The lowest BCUT2D eigenvalue weighted by Crippen LogP contribution is -2.26. The van der Waals surface area contributed by atoms with Gasteiger partial charge in [-0.1, -0.05) is 31.2 Å². The fourth-order valence-electron chi connectivity index (χ4n) is 2.82. The molecule has 1 nitrogen and oxygen atoms in total. The molecule has 0 amide bonds. The lowest BCUT2D eigenvalue weighted by molar-refractivity contribution is 0.560. The molecule has 0 aliphatic heterocycles. The molecule has 3 heteroatoms. The van der Waals surface area contributed by atoms with Gasteiger partial charge in [0.1, 0.15) is 5.82 Å². The molecule has 0 spiro atoms. The molecule has 2 atom stereocenters. The monoisotopic (exact) mass is 287 g/mol. The summed E-state index contributed by atoms with van der Waals surface area (Å²) in [5, 5.41) is 4.06. The lowest BCUT2D eigenvalue weighted by Gasteiger charge is -2.21. The molecule has 104 valence electrons. The Kier molecular flexibility index (Phi) is 4.08. The number of hydrogen-bond acceptors (Lipinski definition) is 2. The van der Waals surface area contributed by atoms with E-state index in [1.54, 1.807) is 0 Å². The van der Waals surface area contributed by atoms with Gasteiger partial charge >= 0.3 is 0 Å². The zero-order valence-electron chi connectivity index (χ0n) is 11.5. The number of benzene rings is 2. The Bertz CT molecular complexity index is 582. The first-order valence-electron chi connectivity index (χ1n) is 7.01. The van der Waals surface area contributed by atoms with Crippen LogP contribution in [0.5, 0.6) is 0 Å². The highest BCUT2D eigenvalue weighted by atomic mass is 32.2.